The molecular formula is C13H17N5OS. The van der Waals surface area contributed by atoms with Gasteiger partial charge in [0.25, 0.3) is 5.56 Å². The Balaban J connectivity index is 2.24. The lowest BCUT2D eigenvalue weighted by Gasteiger charge is -2.27. The van der Waals surface area contributed by atoms with E-state index in [0.717, 1.165) is 25.2 Å². The van der Waals surface area contributed by atoms with Crippen LogP contribution in [0.1, 0.15) is 18.2 Å². The number of hydrogen-bond donors (Lipinski definition) is 2. The molecule has 3 rings (SSSR count). The van der Waals surface area contributed by atoms with E-state index in [-0.39, 0.29) is 5.56 Å². The van der Waals surface area contributed by atoms with Gasteiger partial charge in [0.15, 0.2) is 5.82 Å². The number of pyridine rings is 1. The molecule has 0 fully saturated rings. The third-order valence-corrected chi connectivity index (χ3v) is 3.93. The van der Waals surface area contributed by atoms with Gasteiger partial charge >= 0.3 is 0 Å². The predicted molar refractivity (Wildman–Crippen MR) is 79.2 cm³/mol. The fourth-order valence-electron chi connectivity index (χ4n) is 2.76. The molecule has 0 atom stereocenters. The number of likely N-dealkylation sites (N-methyl/N-ethyl adjacent to an activating group) is 1. The van der Waals surface area contributed by atoms with Crippen LogP contribution in [0.5, 0.6) is 0 Å². The Morgan fingerprint density at radius 2 is 2.25 bits per heavy atom. The Labute approximate surface area is 121 Å². The van der Waals surface area contributed by atoms with Crippen LogP contribution in [0.15, 0.2) is 10.9 Å². The van der Waals surface area contributed by atoms with Gasteiger partial charge in [-0.15, -0.1) is 0 Å². The lowest BCUT2D eigenvalue weighted by Crippen LogP contribution is -2.34. The van der Waals surface area contributed by atoms with Crippen LogP contribution < -0.4 is 5.56 Å². The Bertz CT molecular complexity index is 757. The van der Waals surface area contributed by atoms with Crippen LogP contribution in [-0.4, -0.2) is 38.2 Å². The Kier molecular flexibility index (Phi) is 3.31. The molecule has 1 aliphatic heterocycles. The van der Waals surface area contributed by atoms with Crippen molar-refractivity contribution < 1.29 is 0 Å². The number of H-pyrrole nitrogens is 2. The van der Waals surface area contributed by atoms with Crippen molar-refractivity contribution in [3.8, 4) is 11.4 Å². The maximum atomic E-state index is 12.6. The summed E-state index contributed by atoms with van der Waals surface area (Å²) in [7, 11) is 2.09. The topological polar surface area (TPSA) is 69.7 Å². The van der Waals surface area contributed by atoms with Gasteiger partial charge in [-0.05, 0) is 37.8 Å². The highest BCUT2D eigenvalue weighted by Gasteiger charge is 2.20. The molecule has 3 heterocycles. The minimum absolute atomic E-state index is 0.00597. The highest BCUT2D eigenvalue weighted by atomic mass is 32.1. The molecule has 0 saturated heterocycles. The van der Waals surface area contributed by atoms with Crippen LogP contribution in [0.25, 0.3) is 11.4 Å². The van der Waals surface area contributed by atoms with Gasteiger partial charge in [0, 0.05) is 31.7 Å². The molecule has 2 N–H and O–H groups in total. The first kappa shape index (κ1) is 13.3. The Morgan fingerprint density at radius 3 is 2.90 bits per heavy atom. The van der Waals surface area contributed by atoms with Gasteiger partial charge in [-0.1, -0.05) is 0 Å². The molecule has 2 aromatic heterocycles. The van der Waals surface area contributed by atoms with E-state index in [0.29, 0.717) is 22.7 Å². The van der Waals surface area contributed by atoms with E-state index in [4.69, 9.17) is 12.2 Å². The third kappa shape index (κ3) is 2.12. The van der Waals surface area contributed by atoms with Crippen molar-refractivity contribution in [3.05, 3.63) is 32.4 Å². The van der Waals surface area contributed by atoms with Crippen LogP contribution in [0, 0.1) is 4.77 Å². The molecule has 6 nitrogen and oxygen atoms in total. The van der Waals surface area contributed by atoms with E-state index in [1.54, 1.807) is 0 Å². The first-order chi connectivity index (χ1) is 9.60. The van der Waals surface area contributed by atoms with Crippen molar-refractivity contribution in [1.29, 1.82) is 0 Å². The number of aromatic nitrogens is 4. The second-order valence-electron chi connectivity index (χ2n) is 5.08. The fraction of sp³-hybridized carbons (Fsp3) is 0.462. The van der Waals surface area contributed by atoms with E-state index in [9.17, 15) is 4.79 Å². The average molecular weight is 291 g/mol. The maximum Gasteiger partial charge on any atom is 0.261 e. The number of aromatic amines is 2. The number of nitrogens with one attached hydrogen (secondary N) is 2. The summed E-state index contributed by atoms with van der Waals surface area (Å²) in [6.45, 7) is 4.50. The predicted octanol–water partition coefficient (Wildman–Crippen LogP) is 1.30. The van der Waals surface area contributed by atoms with Crippen molar-refractivity contribution in [2.24, 2.45) is 0 Å². The van der Waals surface area contributed by atoms with Gasteiger partial charge in [-0.25, -0.2) is 0 Å². The maximum absolute atomic E-state index is 12.6. The van der Waals surface area contributed by atoms with Crippen molar-refractivity contribution >= 4 is 12.2 Å². The van der Waals surface area contributed by atoms with Crippen LogP contribution in [0.4, 0.5) is 0 Å². The van der Waals surface area contributed by atoms with E-state index in [1.165, 1.54) is 5.56 Å². The zero-order chi connectivity index (χ0) is 14.3. The average Bonchev–Trinajstić information content (AvgIpc) is 2.85. The summed E-state index contributed by atoms with van der Waals surface area (Å²) in [6, 6.07) is 1.95. The second kappa shape index (κ2) is 4.99. The summed E-state index contributed by atoms with van der Waals surface area (Å²) in [4.78, 5) is 19.0. The molecule has 20 heavy (non-hydrogen) atoms. The molecule has 0 unspecified atom stereocenters. The van der Waals surface area contributed by atoms with Gasteiger partial charge < -0.3 is 9.47 Å². The molecule has 0 amide bonds. The lowest BCUT2D eigenvalue weighted by atomic mass is 10.0. The SMILES string of the molecule is CCn1c2c(cc(-c3nc(=S)[nH][nH]3)c1=O)CN(C)CC2. The van der Waals surface area contributed by atoms with E-state index >= 15 is 0 Å². The molecule has 0 saturated carbocycles. The van der Waals surface area contributed by atoms with Crippen molar-refractivity contribution in [2.45, 2.75) is 26.4 Å². The second-order valence-corrected chi connectivity index (χ2v) is 5.47. The standard InChI is InChI=1S/C13H17N5OS/c1-3-18-10-4-5-17(2)7-8(10)6-9(12(18)19)11-14-13(20)16-15-11/h6H,3-5,7H2,1-2H3,(H2,14,15,16,20). The van der Waals surface area contributed by atoms with Gasteiger partial charge in [0.1, 0.15) is 0 Å². The zero-order valence-electron chi connectivity index (χ0n) is 11.6. The van der Waals surface area contributed by atoms with Crippen LogP contribution >= 0.6 is 12.2 Å². The molecule has 2 aromatic rings. The molecule has 0 spiro atoms. The zero-order valence-corrected chi connectivity index (χ0v) is 12.4. The number of rotatable bonds is 2. The van der Waals surface area contributed by atoms with Gasteiger partial charge in [-0.3, -0.25) is 15.0 Å². The number of hydrogen-bond acceptors (Lipinski definition) is 4. The van der Waals surface area contributed by atoms with Crippen LogP contribution in [0.2, 0.25) is 0 Å². The largest absolute Gasteiger partial charge is 0.312 e. The van der Waals surface area contributed by atoms with Crippen LogP contribution in [0.3, 0.4) is 0 Å². The van der Waals surface area contributed by atoms with Gasteiger partial charge in [0.2, 0.25) is 4.77 Å². The summed E-state index contributed by atoms with van der Waals surface area (Å²) in [5.41, 5.74) is 2.91. The molecule has 0 aromatic carbocycles. The summed E-state index contributed by atoms with van der Waals surface area (Å²) in [6.07, 6.45) is 0.908. The van der Waals surface area contributed by atoms with Crippen molar-refractivity contribution in [2.75, 3.05) is 13.6 Å². The summed E-state index contributed by atoms with van der Waals surface area (Å²) >= 11 is 4.96. The van der Waals surface area contributed by atoms with Crippen LogP contribution in [-0.2, 0) is 19.5 Å². The molecule has 0 radical (unpaired) electrons. The Hall–Kier alpha value is -1.73. The molecular weight excluding hydrogens is 274 g/mol. The monoisotopic (exact) mass is 291 g/mol. The number of nitrogens with zero attached hydrogens (tertiary/aromatic N) is 3. The minimum Gasteiger partial charge on any atom is -0.312 e. The summed E-state index contributed by atoms with van der Waals surface area (Å²) in [5.74, 6) is 0.512. The molecule has 0 aliphatic carbocycles. The molecule has 7 heteroatoms. The first-order valence-corrected chi connectivity index (χ1v) is 7.10. The van der Waals surface area contributed by atoms with Gasteiger partial charge in [-0.2, -0.15) is 4.98 Å². The quantitative estimate of drug-likeness (QED) is 0.818. The first-order valence-electron chi connectivity index (χ1n) is 6.69. The van der Waals surface area contributed by atoms with E-state index in [2.05, 4.69) is 27.1 Å². The third-order valence-electron chi connectivity index (χ3n) is 3.73. The minimum atomic E-state index is -0.00597. The highest BCUT2D eigenvalue weighted by Crippen LogP contribution is 2.21. The Morgan fingerprint density at radius 1 is 1.45 bits per heavy atom. The highest BCUT2D eigenvalue weighted by molar-refractivity contribution is 7.71. The molecule has 0 bridgehead atoms. The normalized spacial score (nSPS) is 15.3. The summed E-state index contributed by atoms with van der Waals surface area (Å²) < 4.78 is 2.21. The van der Waals surface area contributed by atoms with Crippen molar-refractivity contribution in [1.82, 2.24) is 24.6 Å². The van der Waals surface area contributed by atoms with E-state index < -0.39 is 0 Å². The summed E-state index contributed by atoms with van der Waals surface area (Å²) in [5, 5.41) is 5.61. The fourth-order valence-corrected chi connectivity index (χ4v) is 2.90. The smallest absolute Gasteiger partial charge is 0.261 e. The molecule has 1 aliphatic rings. The number of fused-ring (bicyclic) bond motifs is 1. The lowest BCUT2D eigenvalue weighted by molar-refractivity contribution is 0.304. The van der Waals surface area contributed by atoms with Gasteiger partial charge in [0.05, 0.1) is 5.56 Å². The molecule has 106 valence electrons. The van der Waals surface area contributed by atoms with E-state index in [1.807, 2.05) is 17.6 Å². The van der Waals surface area contributed by atoms with Crippen molar-refractivity contribution in [3.63, 3.8) is 0 Å².